The van der Waals surface area contributed by atoms with Crippen molar-refractivity contribution in [3.05, 3.63) is 127 Å². The van der Waals surface area contributed by atoms with Gasteiger partial charge in [-0.25, -0.2) is 9.97 Å². The van der Waals surface area contributed by atoms with E-state index >= 15 is 0 Å². The highest BCUT2D eigenvalue weighted by Crippen LogP contribution is 2.48. The second-order valence-electron chi connectivity index (χ2n) is 16.3. The molecule has 264 valence electrons. The van der Waals surface area contributed by atoms with Gasteiger partial charge in [-0.3, -0.25) is 9.98 Å². The lowest BCUT2D eigenvalue weighted by molar-refractivity contribution is 0.426. The van der Waals surface area contributed by atoms with Crippen molar-refractivity contribution in [3.63, 3.8) is 0 Å². The standard InChI is InChI=1S/C46H43N5S2/c1-43(2)45(5,6)52-41(49-43)37-18-12-16-35(47-37)29-21-23-32-28(26-29)20-25-34-33-24-22-30(27-39(33)51(40(32)34)31-14-10-9-11-15-31)36-17-13-19-38(48-36)42-50-44(3,4)46(7,8)53-42/h9-27H,1-8H3. The Morgan fingerprint density at radius 1 is 0.472 bits per heavy atom. The number of nitrogens with zero attached hydrogens (tertiary/aromatic N) is 5. The van der Waals surface area contributed by atoms with E-state index in [2.05, 4.69) is 175 Å². The van der Waals surface area contributed by atoms with Gasteiger partial charge in [0.15, 0.2) is 0 Å². The summed E-state index contributed by atoms with van der Waals surface area (Å²) in [7, 11) is 0. The number of pyridine rings is 2. The van der Waals surface area contributed by atoms with Crippen LogP contribution < -0.4 is 0 Å². The number of aliphatic imine (C=N–C) groups is 2. The van der Waals surface area contributed by atoms with Crippen molar-refractivity contribution in [2.24, 2.45) is 9.98 Å². The second kappa shape index (κ2) is 11.9. The number of para-hydroxylation sites is 1. The van der Waals surface area contributed by atoms with Gasteiger partial charge in [0.05, 0.1) is 44.9 Å². The van der Waals surface area contributed by atoms with Gasteiger partial charge in [-0.2, -0.15) is 0 Å². The minimum Gasteiger partial charge on any atom is -0.309 e. The summed E-state index contributed by atoms with van der Waals surface area (Å²) in [4.78, 5) is 20.5. The van der Waals surface area contributed by atoms with Crippen LogP contribution in [-0.4, -0.2) is 45.2 Å². The molecule has 5 nitrogen and oxygen atoms in total. The van der Waals surface area contributed by atoms with E-state index in [4.69, 9.17) is 20.0 Å². The summed E-state index contributed by atoms with van der Waals surface area (Å²) < 4.78 is 2.42. The van der Waals surface area contributed by atoms with Crippen LogP contribution in [0.25, 0.3) is 60.8 Å². The molecule has 2 aliphatic rings. The summed E-state index contributed by atoms with van der Waals surface area (Å²) in [5.41, 5.74) is 9.08. The molecule has 0 radical (unpaired) electrons. The summed E-state index contributed by atoms with van der Waals surface area (Å²) >= 11 is 3.63. The summed E-state index contributed by atoms with van der Waals surface area (Å²) in [5, 5.41) is 6.83. The maximum absolute atomic E-state index is 5.18. The molecule has 0 atom stereocenters. The summed E-state index contributed by atoms with van der Waals surface area (Å²) in [6.45, 7) is 17.9. The van der Waals surface area contributed by atoms with E-state index in [0.717, 1.165) is 55.2 Å². The zero-order chi connectivity index (χ0) is 36.9. The van der Waals surface area contributed by atoms with Gasteiger partial charge in [0.25, 0.3) is 0 Å². The van der Waals surface area contributed by atoms with Gasteiger partial charge in [-0.15, -0.1) is 0 Å². The fraction of sp³-hybridized carbons (Fsp3) is 0.261. The highest BCUT2D eigenvalue weighted by atomic mass is 32.2. The van der Waals surface area contributed by atoms with Gasteiger partial charge in [0.2, 0.25) is 0 Å². The molecule has 5 heterocycles. The lowest BCUT2D eigenvalue weighted by atomic mass is 9.91. The molecule has 0 amide bonds. The van der Waals surface area contributed by atoms with Crippen LogP contribution in [0.3, 0.4) is 0 Å². The maximum atomic E-state index is 5.18. The van der Waals surface area contributed by atoms with E-state index in [1.54, 1.807) is 0 Å². The van der Waals surface area contributed by atoms with Crippen LogP contribution in [0, 0.1) is 0 Å². The topological polar surface area (TPSA) is 55.4 Å². The van der Waals surface area contributed by atoms with Crippen molar-refractivity contribution in [2.45, 2.75) is 76.0 Å². The van der Waals surface area contributed by atoms with Crippen molar-refractivity contribution in [3.8, 4) is 28.2 Å². The molecule has 53 heavy (non-hydrogen) atoms. The number of hydrogen-bond donors (Lipinski definition) is 0. The number of fused-ring (bicyclic) bond motifs is 5. The first-order valence-electron chi connectivity index (χ1n) is 18.3. The van der Waals surface area contributed by atoms with E-state index in [-0.39, 0.29) is 20.6 Å². The SMILES string of the molecule is CC1(C)N=C(c2cccc(-c3ccc4c(ccc5c6ccc(-c7cccc(C8=NC(C)(C)C(C)(C)S8)n7)cc6n(-c6ccccc6)c45)c3)n2)SC1(C)C. The van der Waals surface area contributed by atoms with Crippen molar-refractivity contribution in [2.75, 3.05) is 0 Å². The van der Waals surface area contributed by atoms with Gasteiger partial charge in [-0.05, 0) is 109 Å². The van der Waals surface area contributed by atoms with Gasteiger partial charge in [0.1, 0.15) is 10.1 Å². The predicted octanol–water partition coefficient (Wildman–Crippen LogP) is 12.2. The van der Waals surface area contributed by atoms with Crippen LogP contribution in [-0.2, 0) is 0 Å². The number of rotatable bonds is 5. The Kier molecular flexibility index (Phi) is 7.65. The zero-order valence-corrected chi connectivity index (χ0v) is 33.2. The summed E-state index contributed by atoms with van der Waals surface area (Å²) in [6, 6.07) is 41.3. The molecular formula is C46H43N5S2. The third kappa shape index (κ3) is 5.54. The Morgan fingerprint density at radius 2 is 0.981 bits per heavy atom. The molecule has 0 fully saturated rings. The number of thioether (sulfide) groups is 2. The van der Waals surface area contributed by atoms with Crippen LogP contribution >= 0.6 is 23.5 Å². The third-order valence-electron chi connectivity index (χ3n) is 11.7. The first-order chi connectivity index (χ1) is 25.2. The van der Waals surface area contributed by atoms with Crippen molar-refractivity contribution < 1.29 is 0 Å². The molecule has 4 aromatic carbocycles. The maximum Gasteiger partial charge on any atom is 0.117 e. The van der Waals surface area contributed by atoms with Gasteiger partial charge in [-0.1, -0.05) is 90.3 Å². The number of benzene rings is 4. The molecular weight excluding hydrogens is 687 g/mol. The fourth-order valence-corrected chi connectivity index (χ4v) is 9.75. The molecule has 0 saturated carbocycles. The number of hydrogen-bond acceptors (Lipinski definition) is 6. The lowest BCUT2D eigenvalue weighted by Crippen LogP contribution is -2.36. The Morgan fingerprint density at radius 3 is 1.53 bits per heavy atom. The summed E-state index contributed by atoms with van der Waals surface area (Å²) in [5.74, 6) is 0. The molecule has 0 aliphatic carbocycles. The Hall–Kier alpha value is -4.72. The quantitative estimate of drug-likeness (QED) is 0.177. The Bertz CT molecular complexity index is 2680. The van der Waals surface area contributed by atoms with Crippen molar-refractivity contribution in [1.82, 2.24) is 14.5 Å². The van der Waals surface area contributed by atoms with Crippen LogP contribution in [0.2, 0.25) is 0 Å². The van der Waals surface area contributed by atoms with E-state index in [1.807, 2.05) is 23.5 Å². The molecule has 7 aromatic rings. The lowest BCUT2D eigenvalue weighted by Gasteiger charge is -2.30. The molecule has 7 heteroatoms. The molecule has 0 saturated heterocycles. The third-order valence-corrected chi connectivity index (χ3v) is 14.7. The van der Waals surface area contributed by atoms with Crippen LogP contribution in [0.4, 0.5) is 0 Å². The Labute approximate surface area is 320 Å². The second-order valence-corrected chi connectivity index (χ2v) is 19.5. The normalized spacial score (nSPS) is 18.5. The van der Waals surface area contributed by atoms with E-state index in [1.165, 1.54) is 27.1 Å². The highest BCUT2D eigenvalue weighted by molar-refractivity contribution is 8.16. The summed E-state index contributed by atoms with van der Waals surface area (Å²) in [6.07, 6.45) is 0. The molecule has 0 N–H and O–H groups in total. The van der Waals surface area contributed by atoms with Crippen LogP contribution in [0.5, 0.6) is 0 Å². The molecule has 3 aromatic heterocycles. The largest absolute Gasteiger partial charge is 0.309 e. The Balaban J connectivity index is 1.17. The fourth-order valence-electron chi connectivity index (χ4n) is 7.20. The van der Waals surface area contributed by atoms with Crippen molar-refractivity contribution in [1.29, 1.82) is 0 Å². The average molecular weight is 730 g/mol. The number of aromatic nitrogens is 3. The minimum absolute atomic E-state index is 0.00155. The molecule has 0 spiro atoms. The van der Waals surface area contributed by atoms with Gasteiger partial charge in [0, 0.05) is 42.5 Å². The van der Waals surface area contributed by atoms with E-state index in [0.29, 0.717) is 0 Å². The van der Waals surface area contributed by atoms with E-state index < -0.39 is 0 Å². The smallest absolute Gasteiger partial charge is 0.117 e. The minimum atomic E-state index is -0.164. The molecule has 2 aliphatic heterocycles. The zero-order valence-electron chi connectivity index (χ0n) is 31.5. The van der Waals surface area contributed by atoms with Crippen molar-refractivity contribution >= 4 is 66.2 Å². The average Bonchev–Trinajstić information content (AvgIpc) is 3.68. The predicted molar refractivity (Wildman–Crippen MR) is 229 cm³/mol. The highest BCUT2D eigenvalue weighted by Gasteiger charge is 2.45. The monoisotopic (exact) mass is 729 g/mol. The van der Waals surface area contributed by atoms with Gasteiger partial charge >= 0.3 is 0 Å². The first-order valence-corrected chi connectivity index (χ1v) is 19.9. The van der Waals surface area contributed by atoms with Crippen LogP contribution in [0.15, 0.2) is 125 Å². The molecule has 9 rings (SSSR count). The first kappa shape index (κ1) is 34.1. The van der Waals surface area contributed by atoms with E-state index in [9.17, 15) is 0 Å². The van der Waals surface area contributed by atoms with Crippen LogP contribution in [0.1, 0.15) is 66.8 Å². The molecule has 0 bridgehead atoms. The van der Waals surface area contributed by atoms with Gasteiger partial charge < -0.3 is 4.57 Å². The molecule has 0 unspecified atom stereocenters.